The third-order valence-electron chi connectivity index (χ3n) is 4.75. The van der Waals surface area contributed by atoms with Gasteiger partial charge in [-0.2, -0.15) is 0 Å². The second-order valence-electron chi connectivity index (χ2n) is 6.66. The average molecular weight is 429 g/mol. The van der Waals surface area contributed by atoms with Gasteiger partial charge < -0.3 is 9.84 Å². The second-order valence-corrected chi connectivity index (χ2v) is 8.19. The van der Waals surface area contributed by atoms with Crippen molar-refractivity contribution in [3.05, 3.63) is 81.4 Å². The number of esters is 1. The van der Waals surface area contributed by atoms with E-state index in [9.17, 15) is 14.7 Å². The molecule has 0 amide bonds. The first-order valence-corrected chi connectivity index (χ1v) is 10.2. The molecule has 0 saturated carbocycles. The Balaban J connectivity index is 1.51. The van der Waals surface area contributed by atoms with Crippen LogP contribution < -0.4 is 4.74 Å². The van der Waals surface area contributed by atoms with Gasteiger partial charge in [0.05, 0.1) is 5.56 Å². The fourth-order valence-electron chi connectivity index (χ4n) is 3.39. The Morgan fingerprint density at radius 1 is 1.24 bits per heavy atom. The van der Waals surface area contributed by atoms with Crippen molar-refractivity contribution < 1.29 is 19.4 Å². The van der Waals surface area contributed by atoms with Crippen molar-refractivity contribution in [1.82, 2.24) is 9.88 Å². The maximum Gasteiger partial charge on any atom is 0.345 e. The van der Waals surface area contributed by atoms with Crippen LogP contribution in [-0.2, 0) is 17.8 Å². The number of aromatic nitrogens is 1. The number of carbonyl (C=O) groups excluding carboxylic acids is 1. The minimum Gasteiger partial charge on any atom is -0.480 e. The lowest BCUT2D eigenvalue weighted by atomic mass is 10.0. The monoisotopic (exact) mass is 428 g/mol. The number of thiophene rings is 1. The van der Waals surface area contributed by atoms with Crippen LogP contribution in [0.2, 0.25) is 5.02 Å². The third-order valence-corrected chi connectivity index (χ3v) is 6.12. The molecule has 148 valence electrons. The molecule has 3 heterocycles. The molecule has 0 bridgehead atoms. The zero-order chi connectivity index (χ0) is 20.4. The Bertz CT molecular complexity index is 1040. The zero-order valence-electron chi connectivity index (χ0n) is 15.2. The highest BCUT2D eigenvalue weighted by Gasteiger charge is 2.31. The topological polar surface area (TPSA) is 79.7 Å². The van der Waals surface area contributed by atoms with E-state index in [1.165, 1.54) is 17.5 Å². The van der Waals surface area contributed by atoms with Crippen LogP contribution in [0, 0.1) is 0 Å². The molecule has 0 radical (unpaired) electrons. The summed E-state index contributed by atoms with van der Waals surface area (Å²) in [4.78, 5) is 31.1. The number of benzene rings is 1. The molecule has 0 aliphatic carbocycles. The van der Waals surface area contributed by atoms with Gasteiger partial charge in [0.25, 0.3) is 0 Å². The van der Waals surface area contributed by atoms with Gasteiger partial charge in [-0.1, -0.05) is 23.7 Å². The quantitative estimate of drug-likeness (QED) is 0.613. The molecule has 0 fully saturated rings. The molecule has 0 spiro atoms. The number of carboxylic acids is 1. The van der Waals surface area contributed by atoms with Gasteiger partial charge in [-0.3, -0.25) is 14.7 Å². The maximum atomic E-state index is 12.2. The molecule has 1 atom stereocenters. The van der Waals surface area contributed by atoms with E-state index in [1.807, 2.05) is 11.0 Å². The summed E-state index contributed by atoms with van der Waals surface area (Å²) in [7, 11) is 0. The number of halogens is 1. The van der Waals surface area contributed by atoms with Crippen molar-refractivity contribution in [3.63, 3.8) is 0 Å². The first kappa shape index (κ1) is 19.6. The molecule has 1 unspecified atom stereocenters. The van der Waals surface area contributed by atoms with Gasteiger partial charge in [0.15, 0.2) is 5.06 Å². The number of rotatable bonds is 5. The van der Waals surface area contributed by atoms with E-state index in [0.29, 0.717) is 40.7 Å². The number of carboxylic acid groups (broad SMARTS) is 1. The van der Waals surface area contributed by atoms with Gasteiger partial charge in [0, 0.05) is 35.4 Å². The number of ether oxygens (including phenoxy) is 1. The van der Waals surface area contributed by atoms with Gasteiger partial charge >= 0.3 is 11.9 Å². The number of nitrogens with zero attached hydrogens (tertiary/aromatic N) is 2. The van der Waals surface area contributed by atoms with Crippen LogP contribution >= 0.6 is 22.9 Å². The summed E-state index contributed by atoms with van der Waals surface area (Å²) in [6.45, 7) is 1.07. The molecule has 2 aromatic heterocycles. The summed E-state index contributed by atoms with van der Waals surface area (Å²) >= 11 is 7.36. The van der Waals surface area contributed by atoms with E-state index in [-0.39, 0.29) is 0 Å². The summed E-state index contributed by atoms with van der Waals surface area (Å²) in [5.74, 6) is -1.37. The summed E-state index contributed by atoms with van der Waals surface area (Å²) < 4.78 is 5.48. The molecule has 29 heavy (non-hydrogen) atoms. The van der Waals surface area contributed by atoms with Crippen LogP contribution in [0.25, 0.3) is 0 Å². The highest BCUT2D eigenvalue weighted by molar-refractivity contribution is 7.14. The number of hydrogen-bond donors (Lipinski definition) is 1. The molecular weight excluding hydrogens is 412 g/mol. The highest BCUT2D eigenvalue weighted by Crippen LogP contribution is 2.36. The van der Waals surface area contributed by atoms with E-state index in [1.54, 1.807) is 42.6 Å². The lowest BCUT2D eigenvalue weighted by molar-refractivity contribution is -0.144. The van der Waals surface area contributed by atoms with Crippen molar-refractivity contribution in [3.8, 4) is 5.06 Å². The molecule has 1 aliphatic rings. The van der Waals surface area contributed by atoms with Gasteiger partial charge in [-0.05, 0) is 47.9 Å². The minimum absolute atomic E-state index is 0.383. The molecule has 8 heteroatoms. The van der Waals surface area contributed by atoms with Gasteiger partial charge in [-0.25, -0.2) is 4.79 Å². The van der Waals surface area contributed by atoms with Crippen LogP contribution in [-0.4, -0.2) is 33.5 Å². The average Bonchev–Trinajstić information content (AvgIpc) is 3.11. The van der Waals surface area contributed by atoms with E-state index in [2.05, 4.69) is 4.98 Å². The van der Waals surface area contributed by atoms with Crippen molar-refractivity contribution in [1.29, 1.82) is 0 Å². The van der Waals surface area contributed by atoms with E-state index in [0.717, 1.165) is 10.4 Å². The number of aliphatic carboxylic acids is 1. The fourth-order valence-corrected chi connectivity index (χ4v) is 4.52. The molecule has 4 rings (SSSR count). The highest BCUT2D eigenvalue weighted by atomic mass is 35.5. The standard InChI is InChI=1S/C21H17ClN2O4S/c22-16-5-3-13(4-6-16)19(20(25)26)24-9-7-17-15(12-24)10-18(29-17)28-21(27)14-2-1-8-23-11-14/h1-6,8,10-11,19H,7,9,12H2,(H,25,26). The molecule has 6 nitrogen and oxygen atoms in total. The van der Waals surface area contributed by atoms with Gasteiger partial charge in [0.1, 0.15) is 6.04 Å². The smallest absolute Gasteiger partial charge is 0.345 e. The molecule has 3 aromatic rings. The Hall–Kier alpha value is -2.74. The third kappa shape index (κ3) is 4.32. The van der Waals surface area contributed by atoms with Crippen molar-refractivity contribution in [2.24, 2.45) is 0 Å². The molecular formula is C21H17ClN2O4S. The number of hydrogen-bond acceptors (Lipinski definition) is 6. The Morgan fingerprint density at radius 3 is 2.72 bits per heavy atom. The Labute approximate surface area is 176 Å². The predicted octanol–water partition coefficient (Wildman–Crippen LogP) is 4.20. The summed E-state index contributed by atoms with van der Waals surface area (Å²) in [6, 6.07) is 11.3. The normalized spacial score (nSPS) is 14.8. The van der Waals surface area contributed by atoms with E-state index >= 15 is 0 Å². The summed E-state index contributed by atoms with van der Waals surface area (Å²) in [6.07, 6.45) is 3.75. The zero-order valence-corrected chi connectivity index (χ0v) is 16.8. The van der Waals surface area contributed by atoms with Crippen molar-refractivity contribution in [2.45, 2.75) is 19.0 Å². The largest absolute Gasteiger partial charge is 0.480 e. The Kier molecular flexibility index (Phi) is 5.62. The van der Waals surface area contributed by atoms with Crippen LogP contribution in [0.5, 0.6) is 5.06 Å². The number of fused-ring (bicyclic) bond motifs is 1. The summed E-state index contributed by atoms with van der Waals surface area (Å²) in [5, 5.41) is 10.9. The maximum absolute atomic E-state index is 12.2. The Morgan fingerprint density at radius 2 is 2.03 bits per heavy atom. The number of pyridine rings is 1. The minimum atomic E-state index is -0.908. The van der Waals surface area contributed by atoms with E-state index in [4.69, 9.17) is 16.3 Å². The molecule has 1 aromatic carbocycles. The molecule has 1 aliphatic heterocycles. The van der Waals surface area contributed by atoms with E-state index < -0.39 is 18.0 Å². The first-order valence-electron chi connectivity index (χ1n) is 8.97. The van der Waals surface area contributed by atoms with Crippen molar-refractivity contribution in [2.75, 3.05) is 6.54 Å². The summed E-state index contributed by atoms with van der Waals surface area (Å²) in [5.41, 5.74) is 2.05. The first-order chi connectivity index (χ1) is 14.0. The van der Waals surface area contributed by atoms with Gasteiger partial charge in [-0.15, -0.1) is 11.3 Å². The fraction of sp³-hybridized carbons (Fsp3) is 0.190. The van der Waals surface area contributed by atoms with Crippen LogP contribution in [0.15, 0.2) is 54.9 Å². The SMILES string of the molecule is O=C(Oc1cc2c(s1)CCN(C(C(=O)O)c1ccc(Cl)cc1)C2)c1cccnc1. The van der Waals surface area contributed by atoms with Crippen molar-refractivity contribution >= 4 is 34.9 Å². The van der Waals surface area contributed by atoms with Crippen LogP contribution in [0.3, 0.4) is 0 Å². The predicted molar refractivity (Wildman–Crippen MR) is 109 cm³/mol. The molecule has 0 saturated heterocycles. The van der Waals surface area contributed by atoms with Crippen LogP contribution in [0.4, 0.5) is 0 Å². The number of carbonyl (C=O) groups is 2. The molecule has 1 N–H and O–H groups in total. The second kappa shape index (κ2) is 8.32. The van der Waals surface area contributed by atoms with Crippen LogP contribution in [0.1, 0.15) is 32.4 Å². The lowest BCUT2D eigenvalue weighted by Crippen LogP contribution is -2.37. The van der Waals surface area contributed by atoms with Gasteiger partial charge in [0.2, 0.25) is 0 Å². The lowest BCUT2D eigenvalue weighted by Gasteiger charge is -2.32.